The average molecular weight is 478 g/mol. The Balaban J connectivity index is 1.61. The topological polar surface area (TPSA) is 79.1 Å². The molecular formula is C26H21F3N4O2. The summed E-state index contributed by atoms with van der Waals surface area (Å²) in [6.07, 6.45) is -2.90. The summed E-state index contributed by atoms with van der Waals surface area (Å²) in [4.78, 5) is 12.7. The van der Waals surface area contributed by atoms with E-state index in [-0.39, 0.29) is 5.75 Å². The standard InChI is InChI=1S/C26H21F3N4O2/c1-25(2,16-30)20-15-33(22-9-5-3-7-19(20)22)23-10-6-4-8-21(23)32-24(34)31-17-11-13-18(14-12-17)35-26(27,28)29/h3-15H,1-2H3,(H2,31,32,34). The Morgan fingerprint density at radius 1 is 0.943 bits per heavy atom. The molecule has 0 saturated heterocycles. The molecule has 1 heterocycles. The van der Waals surface area contributed by atoms with E-state index < -0.39 is 17.8 Å². The maximum atomic E-state index is 12.7. The number of aromatic nitrogens is 1. The Hall–Kier alpha value is -4.45. The van der Waals surface area contributed by atoms with Crippen LogP contribution in [0.2, 0.25) is 0 Å². The van der Waals surface area contributed by atoms with Crippen LogP contribution >= 0.6 is 0 Å². The Morgan fingerprint density at radius 3 is 2.29 bits per heavy atom. The van der Waals surface area contributed by atoms with Crippen LogP contribution in [0.25, 0.3) is 16.6 Å². The second-order valence-corrected chi connectivity index (χ2v) is 8.34. The van der Waals surface area contributed by atoms with Gasteiger partial charge in [-0.05, 0) is 61.9 Å². The number of hydrogen-bond donors (Lipinski definition) is 2. The molecule has 0 aliphatic heterocycles. The molecule has 3 aromatic carbocycles. The number of carbonyl (C=O) groups is 1. The number of alkyl halides is 3. The first-order chi connectivity index (χ1) is 16.6. The number of fused-ring (bicyclic) bond motifs is 1. The summed E-state index contributed by atoms with van der Waals surface area (Å²) >= 11 is 0. The summed E-state index contributed by atoms with van der Waals surface area (Å²) in [5, 5.41) is 16.0. The lowest BCUT2D eigenvalue weighted by molar-refractivity contribution is -0.274. The summed E-state index contributed by atoms with van der Waals surface area (Å²) in [6.45, 7) is 3.70. The molecule has 2 N–H and O–H groups in total. The van der Waals surface area contributed by atoms with Gasteiger partial charge in [-0.25, -0.2) is 4.79 Å². The van der Waals surface area contributed by atoms with Crippen LogP contribution in [0.1, 0.15) is 19.4 Å². The summed E-state index contributed by atoms with van der Waals surface area (Å²) in [6, 6.07) is 21.5. The maximum Gasteiger partial charge on any atom is 0.573 e. The van der Waals surface area contributed by atoms with Gasteiger partial charge in [0.15, 0.2) is 0 Å². The normalized spacial score (nSPS) is 11.7. The van der Waals surface area contributed by atoms with Crippen LogP contribution in [-0.4, -0.2) is 17.0 Å². The largest absolute Gasteiger partial charge is 0.573 e. The fraction of sp³-hybridized carbons (Fsp3) is 0.154. The van der Waals surface area contributed by atoms with Gasteiger partial charge in [-0.2, -0.15) is 5.26 Å². The van der Waals surface area contributed by atoms with Crippen LogP contribution in [0.5, 0.6) is 5.75 Å². The monoisotopic (exact) mass is 478 g/mol. The van der Waals surface area contributed by atoms with Gasteiger partial charge in [-0.3, -0.25) is 0 Å². The zero-order valence-electron chi connectivity index (χ0n) is 18.9. The van der Waals surface area contributed by atoms with Gasteiger partial charge in [0.1, 0.15) is 5.75 Å². The number of ether oxygens (including phenoxy) is 1. The van der Waals surface area contributed by atoms with Gasteiger partial charge in [-0.1, -0.05) is 30.3 Å². The number of rotatable bonds is 5. The highest BCUT2D eigenvalue weighted by Gasteiger charge is 2.31. The van der Waals surface area contributed by atoms with E-state index in [1.54, 1.807) is 12.1 Å². The van der Waals surface area contributed by atoms with Crippen LogP contribution < -0.4 is 15.4 Å². The first kappa shape index (κ1) is 23.7. The number of urea groups is 1. The predicted molar refractivity (Wildman–Crippen MR) is 128 cm³/mol. The number of carbonyl (C=O) groups excluding carboxylic acids is 1. The minimum atomic E-state index is -4.79. The van der Waals surface area contributed by atoms with Crippen molar-refractivity contribution in [1.29, 1.82) is 5.26 Å². The van der Waals surface area contributed by atoms with Crippen molar-refractivity contribution in [2.45, 2.75) is 25.6 Å². The van der Waals surface area contributed by atoms with Crippen molar-refractivity contribution in [3.8, 4) is 17.5 Å². The van der Waals surface area contributed by atoms with E-state index in [2.05, 4.69) is 21.4 Å². The molecule has 6 nitrogen and oxygen atoms in total. The zero-order chi connectivity index (χ0) is 25.2. The molecule has 0 fully saturated rings. The highest BCUT2D eigenvalue weighted by atomic mass is 19.4. The smallest absolute Gasteiger partial charge is 0.406 e. The number of para-hydroxylation sites is 3. The van der Waals surface area contributed by atoms with Crippen molar-refractivity contribution >= 4 is 28.3 Å². The van der Waals surface area contributed by atoms with Gasteiger partial charge >= 0.3 is 12.4 Å². The second-order valence-electron chi connectivity index (χ2n) is 8.34. The summed E-state index contributed by atoms with van der Waals surface area (Å²) in [5.41, 5.74) is 2.49. The van der Waals surface area contributed by atoms with Gasteiger partial charge in [0.25, 0.3) is 0 Å². The molecule has 4 aromatic rings. The third-order valence-corrected chi connectivity index (χ3v) is 5.42. The van der Waals surface area contributed by atoms with Gasteiger partial charge in [-0.15, -0.1) is 13.2 Å². The number of hydrogen-bond acceptors (Lipinski definition) is 3. The van der Waals surface area contributed by atoms with E-state index >= 15 is 0 Å². The van der Waals surface area contributed by atoms with Gasteiger partial charge < -0.3 is 19.9 Å². The third-order valence-electron chi connectivity index (χ3n) is 5.42. The van der Waals surface area contributed by atoms with E-state index in [0.717, 1.165) is 28.6 Å². The van der Waals surface area contributed by atoms with Crippen molar-refractivity contribution in [3.05, 3.63) is 84.6 Å². The average Bonchev–Trinajstić information content (AvgIpc) is 3.20. The van der Waals surface area contributed by atoms with Crippen LogP contribution in [0.4, 0.5) is 29.3 Å². The molecule has 0 aliphatic carbocycles. The fourth-order valence-corrected chi connectivity index (χ4v) is 3.75. The Labute approximate surface area is 199 Å². The van der Waals surface area contributed by atoms with E-state index in [1.807, 2.05) is 61.0 Å². The van der Waals surface area contributed by atoms with Crippen LogP contribution in [0.3, 0.4) is 0 Å². The molecule has 0 bridgehead atoms. The molecule has 0 spiro atoms. The van der Waals surface area contributed by atoms with Gasteiger partial charge in [0.2, 0.25) is 0 Å². The Bertz CT molecular complexity index is 1420. The first-order valence-electron chi connectivity index (χ1n) is 10.6. The lowest BCUT2D eigenvalue weighted by Gasteiger charge is -2.15. The number of nitriles is 1. The molecule has 0 atom stereocenters. The molecule has 2 amide bonds. The fourth-order valence-electron chi connectivity index (χ4n) is 3.75. The highest BCUT2D eigenvalue weighted by Crippen LogP contribution is 2.35. The minimum absolute atomic E-state index is 0.291. The molecule has 0 unspecified atom stereocenters. The molecule has 1 aromatic heterocycles. The summed E-state index contributed by atoms with van der Waals surface area (Å²) < 4.78 is 42.8. The summed E-state index contributed by atoms with van der Waals surface area (Å²) in [5.74, 6) is -0.385. The quantitative estimate of drug-likeness (QED) is 0.325. The molecule has 35 heavy (non-hydrogen) atoms. The Kier molecular flexibility index (Phi) is 6.14. The third kappa shape index (κ3) is 5.22. The van der Waals surface area contributed by atoms with E-state index in [4.69, 9.17) is 0 Å². The van der Waals surface area contributed by atoms with Crippen LogP contribution in [0.15, 0.2) is 79.0 Å². The van der Waals surface area contributed by atoms with Crippen molar-refractivity contribution in [3.63, 3.8) is 0 Å². The number of anilines is 2. The molecule has 0 radical (unpaired) electrons. The van der Waals surface area contributed by atoms with Crippen molar-refractivity contribution in [2.24, 2.45) is 0 Å². The van der Waals surface area contributed by atoms with Crippen molar-refractivity contribution < 1.29 is 22.7 Å². The number of amides is 2. The van der Waals surface area contributed by atoms with Crippen molar-refractivity contribution in [2.75, 3.05) is 10.6 Å². The van der Waals surface area contributed by atoms with E-state index in [0.29, 0.717) is 17.1 Å². The lowest BCUT2D eigenvalue weighted by Crippen LogP contribution is -2.20. The number of nitrogens with one attached hydrogen (secondary N) is 2. The minimum Gasteiger partial charge on any atom is -0.406 e. The summed E-state index contributed by atoms with van der Waals surface area (Å²) in [7, 11) is 0. The van der Waals surface area contributed by atoms with Crippen LogP contribution in [0, 0.1) is 11.3 Å². The number of nitrogens with zero attached hydrogens (tertiary/aromatic N) is 2. The maximum absolute atomic E-state index is 12.7. The van der Waals surface area contributed by atoms with Gasteiger partial charge in [0, 0.05) is 17.3 Å². The Morgan fingerprint density at radius 2 is 1.60 bits per heavy atom. The number of halogens is 3. The predicted octanol–water partition coefficient (Wildman–Crippen LogP) is 6.97. The van der Waals surface area contributed by atoms with E-state index in [1.165, 1.54) is 12.1 Å². The molecule has 0 aliphatic rings. The second kappa shape index (κ2) is 9.06. The molecule has 178 valence electrons. The molecular weight excluding hydrogens is 457 g/mol. The first-order valence-corrected chi connectivity index (χ1v) is 10.6. The SMILES string of the molecule is CC(C)(C#N)c1cn(-c2ccccc2NC(=O)Nc2ccc(OC(F)(F)F)cc2)c2ccccc12. The molecule has 4 rings (SSSR count). The molecule has 9 heteroatoms. The van der Waals surface area contributed by atoms with Gasteiger partial charge in [0.05, 0.1) is 28.4 Å². The lowest BCUT2D eigenvalue weighted by atomic mass is 9.86. The zero-order valence-corrected chi connectivity index (χ0v) is 18.9. The number of benzene rings is 3. The van der Waals surface area contributed by atoms with E-state index in [9.17, 15) is 23.2 Å². The van der Waals surface area contributed by atoms with Crippen LogP contribution in [-0.2, 0) is 5.41 Å². The van der Waals surface area contributed by atoms with Crippen molar-refractivity contribution in [1.82, 2.24) is 4.57 Å². The highest BCUT2D eigenvalue weighted by molar-refractivity contribution is 6.01. The molecule has 0 saturated carbocycles.